The first-order chi connectivity index (χ1) is 28.8. The zero-order chi connectivity index (χ0) is 38.2. The van der Waals surface area contributed by atoms with Crippen LogP contribution in [0, 0.1) is 0 Å². The first-order valence-electron chi connectivity index (χ1n) is 19.9. The van der Waals surface area contributed by atoms with E-state index in [1.807, 2.05) is 0 Å². The fourth-order valence-electron chi connectivity index (χ4n) is 9.80. The van der Waals surface area contributed by atoms with Crippen LogP contribution in [0.3, 0.4) is 0 Å². The van der Waals surface area contributed by atoms with Gasteiger partial charge in [0.25, 0.3) is 0 Å². The molecule has 0 amide bonds. The molecule has 272 valence electrons. The maximum Gasteiger partial charge on any atom is 0.152 e. The van der Waals surface area contributed by atoms with E-state index in [9.17, 15) is 0 Å². The normalized spacial score (nSPS) is 13.1. The lowest BCUT2D eigenvalue weighted by Crippen LogP contribution is -2.28. The standard InChI is InChI=1S/C55H36N2O/c1-3-14-39(15-4-1)55(48-22-10-7-18-44(48)45-19-8-11-23-49(45)55)40-29-33-43(34-30-40)56(41-16-5-2-6-17-41)42-31-26-37(27-32-42)38-28-35-52-51(36-38)57-50-24-12-9-20-46(50)47-21-13-25-53(58-52)54(47)57/h1-36H. The fraction of sp³-hybridized carbons (Fsp3) is 0.0182. The quantitative estimate of drug-likeness (QED) is 0.169. The summed E-state index contributed by atoms with van der Waals surface area (Å²) < 4.78 is 8.86. The number of aromatic nitrogens is 1. The molecule has 0 spiro atoms. The Hall–Kier alpha value is -7.62. The summed E-state index contributed by atoms with van der Waals surface area (Å²) in [4.78, 5) is 2.35. The molecule has 0 saturated heterocycles. The van der Waals surface area contributed by atoms with Crippen molar-refractivity contribution >= 4 is 38.9 Å². The van der Waals surface area contributed by atoms with Crippen LogP contribution in [0.4, 0.5) is 17.1 Å². The molecule has 0 atom stereocenters. The topological polar surface area (TPSA) is 17.4 Å². The number of benzene rings is 9. The first kappa shape index (κ1) is 32.6. The molecule has 1 aliphatic carbocycles. The zero-order valence-electron chi connectivity index (χ0n) is 31.6. The van der Waals surface area contributed by atoms with E-state index in [1.165, 1.54) is 49.7 Å². The lowest BCUT2D eigenvalue weighted by molar-refractivity contribution is 0.476. The molecule has 3 nitrogen and oxygen atoms in total. The molecule has 2 heterocycles. The summed E-state index contributed by atoms with van der Waals surface area (Å²) in [7, 11) is 0. The number of ether oxygens (including phenoxy) is 1. The molecule has 0 saturated carbocycles. The van der Waals surface area contributed by atoms with Gasteiger partial charge in [-0.2, -0.15) is 0 Å². The summed E-state index contributed by atoms with van der Waals surface area (Å²) in [5.74, 6) is 1.75. The van der Waals surface area contributed by atoms with Crippen LogP contribution >= 0.6 is 0 Å². The molecule has 9 aromatic carbocycles. The Morgan fingerprint density at radius 3 is 1.67 bits per heavy atom. The molecule has 1 aliphatic heterocycles. The summed E-state index contributed by atoms with van der Waals surface area (Å²) in [6.45, 7) is 0. The van der Waals surface area contributed by atoms with Crippen LogP contribution in [0.5, 0.6) is 11.5 Å². The highest BCUT2D eigenvalue weighted by atomic mass is 16.5. The van der Waals surface area contributed by atoms with Gasteiger partial charge in [0.2, 0.25) is 0 Å². The number of fused-ring (bicyclic) bond motifs is 8. The van der Waals surface area contributed by atoms with E-state index in [-0.39, 0.29) is 0 Å². The second-order valence-electron chi connectivity index (χ2n) is 15.3. The minimum atomic E-state index is -0.438. The van der Waals surface area contributed by atoms with Gasteiger partial charge in [0.15, 0.2) is 11.5 Å². The molecule has 2 aliphatic rings. The average Bonchev–Trinajstić information content (AvgIpc) is 3.80. The van der Waals surface area contributed by atoms with Crippen molar-refractivity contribution < 1.29 is 4.74 Å². The minimum absolute atomic E-state index is 0.438. The van der Waals surface area contributed by atoms with Crippen molar-refractivity contribution in [3.8, 4) is 39.4 Å². The Labute approximate surface area is 337 Å². The van der Waals surface area contributed by atoms with Crippen molar-refractivity contribution in [1.29, 1.82) is 0 Å². The van der Waals surface area contributed by atoms with Gasteiger partial charge in [0.05, 0.1) is 22.1 Å². The van der Waals surface area contributed by atoms with Gasteiger partial charge in [0, 0.05) is 27.8 Å². The molecule has 58 heavy (non-hydrogen) atoms. The van der Waals surface area contributed by atoms with E-state index in [0.29, 0.717) is 0 Å². The second-order valence-corrected chi connectivity index (χ2v) is 15.3. The number of hydrogen-bond acceptors (Lipinski definition) is 2. The highest BCUT2D eigenvalue weighted by molar-refractivity contribution is 6.12. The molecule has 0 N–H and O–H groups in total. The smallest absolute Gasteiger partial charge is 0.152 e. The van der Waals surface area contributed by atoms with Gasteiger partial charge in [-0.3, -0.25) is 0 Å². The lowest BCUT2D eigenvalue weighted by atomic mass is 9.68. The average molecular weight is 741 g/mol. The van der Waals surface area contributed by atoms with Crippen molar-refractivity contribution in [2.45, 2.75) is 5.41 Å². The Morgan fingerprint density at radius 2 is 0.948 bits per heavy atom. The lowest BCUT2D eigenvalue weighted by Gasteiger charge is -2.34. The van der Waals surface area contributed by atoms with Crippen LogP contribution in [0.15, 0.2) is 218 Å². The molecular formula is C55H36N2O. The number of hydrogen-bond donors (Lipinski definition) is 0. The molecule has 0 fully saturated rings. The van der Waals surface area contributed by atoms with E-state index >= 15 is 0 Å². The van der Waals surface area contributed by atoms with Crippen molar-refractivity contribution in [2.24, 2.45) is 0 Å². The molecule has 0 bridgehead atoms. The Bertz CT molecular complexity index is 3140. The van der Waals surface area contributed by atoms with Gasteiger partial charge in [0.1, 0.15) is 0 Å². The van der Waals surface area contributed by atoms with Crippen LogP contribution in [0.2, 0.25) is 0 Å². The monoisotopic (exact) mass is 740 g/mol. The van der Waals surface area contributed by atoms with Crippen molar-refractivity contribution in [3.05, 3.63) is 241 Å². The van der Waals surface area contributed by atoms with Gasteiger partial charge in [-0.05, 0) is 105 Å². The van der Waals surface area contributed by atoms with E-state index < -0.39 is 5.41 Å². The predicted molar refractivity (Wildman–Crippen MR) is 238 cm³/mol. The SMILES string of the molecule is c1ccc(N(c2ccc(-c3ccc4c(c3)-n3c5ccccc5c5cccc(c53)O4)cc2)c2ccc(C3(c4ccccc4)c4ccccc4-c4ccccc43)cc2)cc1. The molecule has 3 heteroatoms. The van der Waals surface area contributed by atoms with E-state index in [1.54, 1.807) is 0 Å². The van der Waals surface area contributed by atoms with Crippen LogP contribution in [0.25, 0.3) is 49.7 Å². The van der Waals surface area contributed by atoms with Gasteiger partial charge < -0.3 is 14.2 Å². The third kappa shape index (κ3) is 4.68. The van der Waals surface area contributed by atoms with Gasteiger partial charge in [-0.15, -0.1) is 0 Å². The summed E-state index contributed by atoms with van der Waals surface area (Å²) >= 11 is 0. The third-order valence-corrected chi connectivity index (χ3v) is 12.3. The zero-order valence-corrected chi connectivity index (χ0v) is 31.6. The Balaban J connectivity index is 0.950. The van der Waals surface area contributed by atoms with E-state index in [4.69, 9.17) is 4.74 Å². The number of rotatable bonds is 6. The number of nitrogens with zero attached hydrogens (tertiary/aromatic N) is 2. The van der Waals surface area contributed by atoms with Crippen molar-refractivity contribution in [3.63, 3.8) is 0 Å². The van der Waals surface area contributed by atoms with Crippen molar-refractivity contribution in [2.75, 3.05) is 4.90 Å². The second kappa shape index (κ2) is 12.7. The van der Waals surface area contributed by atoms with E-state index in [0.717, 1.165) is 50.9 Å². The molecule has 0 unspecified atom stereocenters. The molecule has 10 aromatic rings. The highest BCUT2D eigenvalue weighted by Crippen LogP contribution is 2.56. The van der Waals surface area contributed by atoms with Crippen LogP contribution in [-0.4, -0.2) is 4.57 Å². The summed E-state index contributed by atoms with van der Waals surface area (Å²) in [6.07, 6.45) is 0. The van der Waals surface area contributed by atoms with Crippen LogP contribution in [-0.2, 0) is 5.41 Å². The van der Waals surface area contributed by atoms with Gasteiger partial charge >= 0.3 is 0 Å². The fourth-order valence-corrected chi connectivity index (χ4v) is 9.80. The Kier molecular flexibility index (Phi) is 7.14. The minimum Gasteiger partial charge on any atom is -0.453 e. The highest BCUT2D eigenvalue weighted by Gasteiger charge is 2.45. The van der Waals surface area contributed by atoms with Gasteiger partial charge in [-0.1, -0.05) is 158 Å². The van der Waals surface area contributed by atoms with Crippen LogP contribution < -0.4 is 9.64 Å². The molecule has 12 rings (SSSR count). The molecule has 0 radical (unpaired) electrons. The first-order valence-corrected chi connectivity index (χ1v) is 19.9. The van der Waals surface area contributed by atoms with Crippen LogP contribution in [0.1, 0.15) is 22.3 Å². The largest absolute Gasteiger partial charge is 0.453 e. The summed E-state index contributed by atoms with van der Waals surface area (Å²) in [5.41, 5.74) is 16.2. The molecule has 1 aromatic heterocycles. The van der Waals surface area contributed by atoms with E-state index in [2.05, 4.69) is 228 Å². The number of anilines is 3. The predicted octanol–water partition coefficient (Wildman–Crippen LogP) is 14.4. The maximum absolute atomic E-state index is 6.50. The summed E-state index contributed by atoms with van der Waals surface area (Å²) in [6, 6.07) is 79.1. The molecular weight excluding hydrogens is 705 g/mol. The Morgan fingerprint density at radius 1 is 0.397 bits per heavy atom. The van der Waals surface area contributed by atoms with Crippen molar-refractivity contribution in [1.82, 2.24) is 4.57 Å². The van der Waals surface area contributed by atoms with Gasteiger partial charge in [-0.25, -0.2) is 0 Å². The maximum atomic E-state index is 6.50. The third-order valence-electron chi connectivity index (χ3n) is 12.3. The number of para-hydroxylation sites is 3. The summed E-state index contributed by atoms with van der Waals surface area (Å²) in [5, 5.41) is 2.43.